The van der Waals surface area contributed by atoms with Gasteiger partial charge in [0.15, 0.2) is 6.61 Å². The van der Waals surface area contributed by atoms with Crippen LogP contribution >= 0.6 is 0 Å². The van der Waals surface area contributed by atoms with Gasteiger partial charge in [0, 0.05) is 12.1 Å². The molecule has 0 heterocycles. The molecule has 2 N–H and O–H groups in total. The number of carbonyl (C=O) groups excluding carboxylic acids is 1. The first kappa shape index (κ1) is 14.9. The molecule has 1 unspecified atom stereocenters. The fourth-order valence-electron chi connectivity index (χ4n) is 2.76. The zero-order valence-electron chi connectivity index (χ0n) is 12.5. The van der Waals surface area contributed by atoms with Gasteiger partial charge in [-0.3, -0.25) is 4.79 Å². The van der Waals surface area contributed by atoms with Crippen molar-refractivity contribution in [2.24, 2.45) is 0 Å². The van der Waals surface area contributed by atoms with Crippen LogP contribution in [-0.2, 0) is 11.2 Å². The molecule has 1 atom stereocenters. The Bertz CT molecular complexity index is 472. The monoisotopic (exact) mass is 276 g/mol. The van der Waals surface area contributed by atoms with Crippen LogP contribution in [0, 0.1) is 0 Å². The average Bonchev–Trinajstić information content (AvgIpc) is 2.43. The van der Waals surface area contributed by atoms with Crippen LogP contribution < -0.4 is 15.4 Å². The summed E-state index contributed by atoms with van der Waals surface area (Å²) in [6, 6.07) is 6.65. The van der Waals surface area contributed by atoms with Crippen molar-refractivity contribution in [3.63, 3.8) is 0 Å². The summed E-state index contributed by atoms with van der Waals surface area (Å²) < 4.78 is 5.72. The molecule has 0 saturated carbocycles. The summed E-state index contributed by atoms with van der Waals surface area (Å²) in [5, 5.41) is 6.18. The normalized spacial score (nSPS) is 17.7. The highest BCUT2D eigenvalue weighted by atomic mass is 16.5. The minimum absolute atomic E-state index is 0.0708. The molecule has 0 fully saturated rings. The van der Waals surface area contributed by atoms with Gasteiger partial charge in [0.1, 0.15) is 5.75 Å². The maximum atomic E-state index is 11.7. The van der Waals surface area contributed by atoms with Crippen molar-refractivity contribution in [1.82, 2.24) is 10.6 Å². The van der Waals surface area contributed by atoms with Crippen molar-refractivity contribution in [1.29, 1.82) is 0 Å². The summed E-state index contributed by atoms with van der Waals surface area (Å²) in [6.45, 7) is 3.97. The van der Waals surface area contributed by atoms with E-state index in [1.54, 1.807) is 0 Å². The van der Waals surface area contributed by atoms with Crippen molar-refractivity contribution in [3.8, 4) is 5.75 Å². The molecule has 1 aliphatic rings. The number of benzene rings is 1. The van der Waals surface area contributed by atoms with Crippen LogP contribution in [0.1, 0.15) is 43.9 Å². The molecular formula is C16H24N2O2. The quantitative estimate of drug-likeness (QED) is 0.866. The molecule has 20 heavy (non-hydrogen) atoms. The standard InChI is InChI=1S/C16H24N2O2/c1-11(2)18-16(19)10-20-15-9-5-6-12-13(15)7-4-8-14(12)17-3/h5-6,9,11,14,17H,4,7-8,10H2,1-3H3,(H,18,19). The molecule has 0 bridgehead atoms. The Kier molecular flexibility index (Phi) is 5.01. The van der Waals surface area contributed by atoms with Crippen LogP contribution in [-0.4, -0.2) is 25.6 Å². The Balaban J connectivity index is 2.07. The summed E-state index contributed by atoms with van der Waals surface area (Å²) in [6.07, 6.45) is 3.33. The van der Waals surface area contributed by atoms with Crippen LogP contribution in [0.2, 0.25) is 0 Å². The van der Waals surface area contributed by atoms with Gasteiger partial charge >= 0.3 is 0 Å². The number of amides is 1. The fourth-order valence-corrected chi connectivity index (χ4v) is 2.76. The van der Waals surface area contributed by atoms with Crippen molar-refractivity contribution >= 4 is 5.91 Å². The van der Waals surface area contributed by atoms with Crippen LogP contribution in [0.5, 0.6) is 5.75 Å². The van der Waals surface area contributed by atoms with E-state index >= 15 is 0 Å². The van der Waals surface area contributed by atoms with Crippen molar-refractivity contribution in [2.75, 3.05) is 13.7 Å². The van der Waals surface area contributed by atoms with E-state index in [9.17, 15) is 4.79 Å². The van der Waals surface area contributed by atoms with Gasteiger partial charge < -0.3 is 15.4 Å². The molecule has 1 aromatic rings. The molecule has 0 radical (unpaired) electrons. The van der Waals surface area contributed by atoms with E-state index in [0.29, 0.717) is 6.04 Å². The molecule has 0 spiro atoms. The Morgan fingerprint density at radius 1 is 1.45 bits per heavy atom. The van der Waals surface area contributed by atoms with Crippen molar-refractivity contribution in [2.45, 2.75) is 45.2 Å². The van der Waals surface area contributed by atoms with Gasteiger partial charge in [0.25, 0.3) is 5.91 Å². The number of hydrogen-bond acceptors (Lipinski definition) is 3. The topological polar surface area (TPSA) is 50.4 Å². The van der Waals surface area contributed by atoms with Crippen LogP contribution in [0.3, 0.4) is 0 Å². The molecule has 1 amide bonds. The Morgan fingerprint density at radius 3 is 2.95 bits per heavy atom. The lowest BCUT2D eigenvalue weighted by atomic mass is 9.87. The second kappa shape index (κ2) is 6.75. The van der Waals surface area contributed by atoms with E-state index in [1.807, 2.05) is 33.0 Å². The number of hydrogen-bond donors (Lipinski definition) is 2. The molecule has 0 aliphatic heterocycles. The number of rotatable bonds is 5. The van der Waals surface area contributed by atoms with Crippen LogP contribution in [0.15, 0.2) is 18.2 Å². The zero-order valence-corrected chi connectivity index (χ0v) is 12.5. The Hall–Kier alpha value is -1.55. The number of ether oxygens (including phenoxy) is 1. The SMILES string of the molecule is CNC1CCCc2c(OCC(=O)NC(C)C)cccc21. The molecule has 4 heteroatoms. The van der Waals surface area contributed by atoms with Gasteiger partial charge in [-0.1, -0.05) is 12.1 Å². The number of carbonyl (C=O) groups is 1. The second-order valence-electron chi connectivity index (χ2n) is 5.57. The Labute approximate surface area is 120 Å². The second-order valence-corrected chi connectivity index (χ2v) is 5.57. The van der Waals surface area contributed by atoms with E-state index < -0.39 is 0 Å². The highest BCUT2D eigenvalue weighted by Crippen LogP contribution is 2.35. The van der Waals surface area contributed by atoms with Crippen molar-refractivity contribution in [3.05, 3.63) is 29.3 Å². The summed E-state index contributed by atoms with van der Waals surface area (Å²) in [4.78, 5) is 11.7. The third-order valence-electron chi connectivity index (χ3n) is 3.62. The molecule has 2 rings (SSSR count). The predicted octanol–water partition coefficient (Wildman–Crippen LogP) is 2.19. The lowest BCUT2D eigenvalue weighted by molar-refractivity contribution is -0.123. The van der Waals surface area contributed by atoms with E-state index in [0.717, 1.165) is 25.0 Å². The van der Waals surface area contributed by atoms with Gasteiger partial charge in [-0.25, -0.2) is 0 Å². The summed E-state index contributed by atoms with van der Waals surface area (Å²) in [7, 11) is 1.99. The fraction of sp³-hybridized carbons (Fsp3) is 0.562. The molecular weight excluding hydrogens is 252 g/mol. The third kappa shape index (κ3) is 3.51. The molecule has 110 valence electrons. The molecule has 1 aliphatic carbocycles. The molecule has 1 aromatic carbocycles. The van der Waals surface area contributed by atoms with Gasteiger partial charge in [-0.15, -0.1) is 0 Å². The summed E-state index contributed by atoms with van der Waals surface area (Å²) >= 11 is 0. The third-order valence-corrected chi connectivity index (χ3v) is 3.62. The van der Waals surface area contributed by atoms with Crippen LogP contribution in [0.25, 0.3) is 0 Å². The average molecular weight is 276 g/mol. The minimum atomic E-state index is -0.0708. The van der Waals surface area contributed by atoms with E-state index in [2.05, 4.69) is 16.7 Å². The first-order chi connectivity index (χ1) is 9.61. The van der Waals surface area contributed by atoms with E-state index in [1.165, 1.54) is 11.1 Å². The number of nitrogens with one attached hydrogen (secondary N) is 2. The van der Waals surface area contributed by atoms with Gasteiger partial charge in [0.05, 0.1) is 0 Å². The lowest BCUT2D eigenvalue weighted by Gasteiger charge is -2.26. The zero-order chi connectivity index (χ0) is 14.5. The first-order valence-electron chi connectivity index (χ1n) is 7.33. The molecule has 0 saturated heterocycles. The van der Waals surface area contributed by atoms with E-state index in [-0.39, 0.29) is 18.6 Å². The van der Waals surface area contributed by atoms with Crippen molar-refractivity contribution < 1.29 is 9.53 Å². The van der Waals surface area contributed by atoms with Gasteiger partial charge in [-0.2, -0.15) is 0 Å². The maximum absolute atomic E-state index is 11.7. The molecule has 4 nitrogen and oxygen atoms in total. The lowest BCUT2D eigenvalue weighted by Crippen LogP contribution is -2.34. The molecule has 0 aromatic heterocycles. The predicted molar refractivity (Wildman–Crippen MR) is 80.0 cm³/mol. The smallest absolute Gasteiger partial charge is 0.258 e. The van der Waals surface area contributed by atoms with E-state index in [4.69, 9.17) is 4.74 Å². The minimum Gasteiger partial charge on any atom is -0.483 e. The largest absolute Gasteiger partial charge is 0.483 e. The summed E-state index contributed by atoms with van der Waals surface area (Å²) in [5.41, 5.74) is 2.55. The highest BCUT2D eigenvalue weighted by molar-refractivity contribution is 5.77. The highest BCUT2D eigenvalue weighted by Gasteiger charge is 2.21. The first-order valence-corrected chi connectivity index (χ1v) is 7.33. The maximum Gasteiger partial charge on any atom is 0.258 e. The van der Waals surface area contributed by atoms with Crippen LogP contribution in [0.4, 0.5) is 0 Å². The van der Waals surface area contributed by atoms with Gasteiger partial charge in [0.2, 0.25) is 0 Å². The number of fused-ring (bicyclic) bond motifs is 1. The van der Waals surface area contributed by atoms with Gasteiger partial charge in [-0.05, 0) is 57.4 Å². The Morgan fingerprint density at radius 2 is 2.25 bits per heavy atom. The summed E-state index contributed by atoms with van der Waals surface area (Å²) in [5.74, 6) is 0.778.